The van der Waals surface area contributed by atoms with Gasteiger partial charge in [0.1, 0.15) is 0 Å². The van der Waals surface area contributed by atoms with Crippen LogP contribution in [0.2, 0.25) is 0 Å². The van der Waals surface area contributed by atoms with Crippen molar-refractivity contribution >= 4 is 11.9 Å². The lowest BCUT2D eigenvalue weighted by molar-refractivity contribution is -0.138. The van der Waals surface area contributed by atoms with Gasteiger partial charge in [-0.25, -0.2) is 0 Å². The SMILES string of the molecule is CC(=O)NCCCOCCC(=O)O. The number of ether oxygens (including phenoxy) is 1. The van der Waals surface area contributed by atoms with Crippen LogP contribution in [0.5, 0.6) is 0 Å². The molecule has 0 spiro atoms. The first-order valence-electron chi connectivity index (χ1n) is 4.17. The van der Waals surface area contributed by atoms with Gasteiger partial charge in [-0.3, -0.25) is 9.59 Å². The van der Waals surface area contributed by atoms with Gasteiger partial charge in [0.05, 0.1) is 13.0 Å². The van der Waals surface area contributed by atoms with Crippen molar-refractivity contribution in [1.82, 2.24) is 5.32 Å². The molecule has 0 radical (unpaired) electrons. The molecule has 0 saturated carbocycles. The first-order chi connectivity index (χ1) is 6.13. The topological polar surface area (TPSA) is 75.6 Å². The average Bonchev–Trinajstić information content (AvgIpc) is 2.01. The minimum atomic E-state index is -0.859. The van der Waals surface area contributed by atoms with E-state index in [0.717, 1.165) is 0 Å². The van der Waals surface area contributed by atoms with Crippen LogP contribution in [0, 0.1) is 0 Å². The predicted octanol–water partition coefficient (Wildman–Crippen LogP) is 0.00390. The second-order valence-corrected chi connectivity index (χ2v) is 2.59. The molecule has 0 bridgehead atoms. The van der Waals surface area contributed by atoms with E-state index in [1.54, 1.807) is 0 Å². The highest BCUT2D eigenvalue weighted by Crippen LogP contribution is 1.85. The summed E-state index contributed by atoms with van der Waals surface area (Å²) in [6, 6.07) is 0. The van der Waals surface area contributed by atoms with Gasteiger partial charge < -0.3 is 15.2 Å². The first kappa shape index (κ1) is 11.9. The molecule has 0 aromatic rings. The number of amides is 1. The van der Waals surface area contributed by atoms with Gasteiger partial charge in [-0.05, 0) is 6.42 Å². The van der Waals surface area contributed by atoms with E-state index < -0.39 is 5.97 Å². The summed E-state index contributed by atoms with van der Waals surface area (Å²) in [6.45, 7) is 2.73. The standard InChI is InChI=1S/C8H15NO4/c1-7(10)9-4-2-5-13-6-3-8(11)12/h2-6H2,1H3,(H,9,10)(H,11,12). The molecule has 0 aliphatic heterocycles. The van der Waals surface area contributed by atoms with Crippen LogP contribution in [0.25, 0.3) is 0 Å². The molecule has 5 heteroatoms. The lowest BCUT2D eigenvalue weighted by Crippen LogP contribution is -2.22. The van der Waals surface area contributed by atoms with Gasteiger partial charge in [-0.2, -0.15) is 0 Å². The maximum absolute atomic E-state index is 10.4. The number of hydrogen-bond acceptors (Lipinski definition) is 3. The summed E-state index contributed by atoms with van der Waals surface area (Å²) in [7, 11) is 0. The molecule has 1 amide bonds. The highest BCUT2D eigenvalue weighted by Gasteiger charge is 1.96. The number of hydrogen-bond donors (Lipinski definition) is 2. The Bertz CT molecular complexity index is 152. The Morgan fingerprint density at radius 2 is 2.08 bits per heavy atom. The van der Waals surface area contributed by atoms with Crippen LogP contribution >= 0.6 is 0 Å². The van der Waals surface area contributed by atoms with Crippen LogP contribution < -0.4 is 5.32 Å². The molecule has 0 heterocycles. The highest BCUT2D eigenvalue weighted by molar-refractivity contribution is 5.72. The number of rotatable bonds is 7. The van der Waals surface area contributed by atoms with Gasteiger partial charge in [-0.1, -0.05) is 0 Å². The maximum atomic E-state index is 10.4. The third kappa shape index (κ3) is 10.9. The molecule has 0 atom stereocenters. The van der Waals surface area contributed by atoms with Crippen LogP contribution in [0.3, 0.4) is 0 Å². The summed E-state index contributed by atoms with van der Waals surface area (Å²) in [5.41, 5.74) is 0. The van der Waals surface area contributed by atoms with E-state index in [1.807, 2.05) is 0 Å². The van der Waals surface area contributed by atoms with Crippen molar-refractivity contribution in [1.29, 1.82) is 0 Å². The zero-order valence-corrected chi connectivity index (χ0v) is 7.71. The fourth-order valence-corrected chi connectivity index (χ4v) is 0.700. The minimum Gasteiger partial charge on any atom is -0.481 e. The van der Waals surface area contributed by atoms with E-state index in [-0.39, 0.29) is 18.9 Å². The zero-order valence-electron chi connectivity index (χ0n) is 7.71. The van der Waals surface area contributed by atoms with E-state index in [9.17, 15) is 9.59 Å². The third-order valence-corrected chi connectivity index (χ3v) is 1.30. The average molecular weight is 189 g/mol. The largest absolute Gasteiger partial charge is 0.481 e. The molecular formula is C8H15NO4. The second kappa shape index (κ2) is 7.54. The normalized spacial score (nSPS) is 9.62. The van der Waals surface area contributed by atoms with Crippen molar-refractivity contribution in [3.05, 3.63) is 0 Å². The maximum Gasteiger partial charge on any atom is 0.305 e. The Kier molecular flexibility index (Phi) is 6.91. The van der Waals surface area contributed by atoms with E-state index >= 15 is 0 Å². The van der Waals surface area contributed by atoms with E-state index in [0.29, 0.717) is 19.6 Å². The number of aliphatic carboxylic acids is 1. The molecule has 0 aliphatic carbocycles. The number of carboxylic acid groups (broad SMARTS) is 1. The highest BCUT2D eigenvalue weighted by atomic mass is 16.5. The lowest BCUT2D eigenvalue weighted by atomic mass is 10.4. The van der Waals surface area contributed by atoms with Crippen molar-refractivity contribution in [3.63, 3.8) is 0 Å². The summed E-state index contributed by atoms with van der Waals surface area (Å²) in [5.74, 6) is -0.924. The van der Waals surface area contributed by atoms with Crippen molar-refractivity contribution in [2.24, 2.45) is 0 Å². The van der Waals surface area contributed by atoms with Crippen LogP contribution in [-0.4, -0.2) is 36.7 Å². The quantitative estimate of drug-likeness (QED) is 0.553. The van der Waals surface area contributed by atoms with Crippen molar-refractivity contribution in [3.8, 4) is 0 Å². The van der Waals surface area contributed by atoms with Crippen LogP contribution in [0.15, 0.2) is 0 Å². The number of carbonyl (C=O) groups excluding carboxylic acids is 1. The molecule has 76 valence electrons. The summed E-state index contributed by atoms with van der Waals surface area (Å²) in [5, 5.41) is 10.9. The minimum absolute atomic E-state index is 0.0279. The van der Waals surface area contributed by atoms with E-state index in [2.05, 4.69) is 5.32 Å². The molecular weight excluding hydrogens is 174 g/mol. The van der Waals surface area contributed by atoms with Gasteiger partial charge in [0.15, 0.2) is 0 Å². The Morgan fingerprint density at radius 1 is 1.38 bits per heavy atom. The van der Waals surface area contributed by atoms with Gasteiger partial charge in [-0.15, -0.1) is 0 Å². The van der Waals surface area contributed by atoms with E-state index in [4.69, 9.17) is 9.84 Å². The Morgan fingerprint density at radius 3 is 2.62 bits per heavy atom. The Hall–Kier alpha value is -1.10. The molecule has 0 unspecified atom stereocenters. The lowest BCUT2D eigenvalue weighted by Gasteiger charge is -2.02. The number of nitrogens with one attached hydrogen (secondary N) is 1. The summed E-state index contributed by atoms with van der Waals surface area (Å²) in [4.78, 5) is 20.4. The number of carboxylic acids is 1. The van der Waals surface area contributed by atoms with Gasteiger partial charge >= 0.3 is 5.97 Å². The molecule has 0 aromatic carbocycles. The first-order valence-corrected chi connectivity index (χ1v) is 4.17. The molecule has 0 rings (SSSR count). The summed E-state index contributed by atoms with van der Waals surface area (Å²) in [6.07, 6.45) is 0.735. The second-order valence-electron chi connectivity index (χ2n) is 2.59. The fourth-order valence-electron chi connectivity index (χ4n) is 0.700. The van der Waals surface area contributed by atoms with Crippen molar-refractivity contribution < 1.29 is 19.4 Å². The molecule has 2 N–H and O–H groups in total. The van der Waals surface area contributed by atoms with Crippen molar-refractivity contribution in [2.45, 2.75) is 19.8 Å². The van der Waals surface area contributed by atoms with Crippen LogP contribution in [0.4, 0.5) is 0 Å². The number of carbonyl (C=O) groups is 2. The third-order valence-electron chi connectivity index (χ3n) is 1.30. The molecule has 0 saturated heterocycles. The molecule has 0 fully saturated rings. The molecule has 0 aliphatic rings. The molecule has 5 nitrogen and oxygen atoms in total. The monoisotopic (exact) mass is 189 g/mol. The van der Waals surface area contributed by atoms with Crippen LogP contribution in [-0.2, 0) is 14.3 Å². The summed E-state index contributed by atoms with van der Waals surface area (Å²) < 4.78 is 4.99. The fraction of sp³-hybridized carbons (Fsp3) is 0.750. The zero-order chi connectivity index (χ0) is 10.1. The molecule has 13 heavy (non-hydrogen) atoms. The summed E-state index contributed by atoms with van der Waals surface area (Å²) >= 11 is 0. The Labute approximate surface area is 77.1 Å². The van der Waals surface area contributed by atoms with Crippen molar-refractivity contribution in [2.75, 3.05) is 19.8 Å². The predicted molar refractivity (Wildman–Crippen MR) is 46.4 cm³/mol. The molecule has 0 aromatic heterocycles. The van der Waals surface area contributed by atoms with Crippen LogP contribution in [0.1, 0.15) is 19.8 Å². The van der Waals surface area contributed by atoms with Gasteiger partial charge in [0, 0.05) is 20.1 Å². The van der Waals surface area contributed by atoms with Gasteiger partial charge in [0.25, 0.3) is 0 Å². The van der Waals surface area contributed by atoms with Gasteiger partial charge in [0.2, 0.25) is 5.91 Å². The van der Waals surface area contributed by atoms with E-state index in [1.165, 1.54) is 6.92 Å². The Balaban J connectivity index is 3.00. The smallest absolute Gasteiger partial charge is 0.305 e.